The van der Waals surface area contributed by atoms with E-state index in [1.807, 2.05) is 25.1 Å². The van der Waals surface area contributed by atoms with E-state index in [0.717, 1.165) is 10.5 Å². The predicted octanol–water partition coefficient (Wildman–Crippen LogP) is 3.20. The highest BCUT2D eigenvalue weighted by atomic mass is 35.5. The Hall–Kier alpha value is -0.270. The molecule has 0 saturated carbocycles. The summed E-state index contributed by atoms with van der Waals surface area (Å²) >= 11 is 10.7. The normalized spacial score (nSPS) is 9.56. The van der Waals surface area contributed by atoms with Crippen LogP contribution in [0.5, 0.6) is 0 Å². The Kier molecular flexibility index (Phi) is 1.94. The zero-order valence-electron chi connectivity index (χ0n) is 5.02. The molecule has 2 heteroatoms. The molecular weight excluding hydrogens is 152 g/mol. The molecule has 1 rings (SSSR count). The van der Waals surface area contributed by atoms with Crippen LogP contribution in [0.2, 0.25) is 5.02 Å². The van der Waals surface area contributed by atoms with Gasteiger partial charge in [0, 0.05) is 0 Å². The van der Waals surface area contributed by atoms with Gasteiger partial charge in [0.1, 0.15) is 0 Å². The predicted molar refractivity (Wildman–Crippen MR) is 42.0 cm³/mol. The minimum absolute atomic E-state index is 0.701. The molecule has 1 aromatic rings. The summed E-state index contributed by atoms with van der Waals surface area (Å²) in [6.45, 7) is 1.94. The van der Waals surface area contributed by atoms with Gasteiger partial charge >= 0.3 is 0 Å². The number of hydrogen-bond acceptors (Lipinski definition) is 0. The molecule has 1 radical (unpaired) electrons. The smallest absolute Gasteiger partial charge is 0.0615 e. The van der Waals surface area contributed by atoms with E-state index in [9.17, 15) is 0 Å². The van der Waals surface area contributed by atoms with Crippen LogP contribution in [0.15, 0.2) is 23.1 Å². The average Bonchev–Trinajstić information content (AvgIpc) is 1.83. The van der Waals surface area contributed by atoms with E-state index >= 15 is 0 Å². The molecule has 0 saturated heterocycles. The minimum Gasteiger partial charge on any atom is -0.0825 e. The molecule has 0 aliphatic heterocycles. The van der Waals surface area contributed by atoms with Gasteiger partial charge in [-0.3, -0.25) is 0 Å². The Labute approximate surface area is 65.3 Å². The molecule has 1 aromatic carbocycles. The van der Waals surface area contributed by atoms with Crippen molar-refractivity contribution in [2.75, 3.05) is 0 Å². The Morgan fingerprint density at radius 3 is 2.56 bits per heavy atom. The van der Waals surface area contributed by atoms with E-state index in [-0.39, 0.29) is 0 Å². The number of benzene rings is 1. The highest BCUT2D eigenvalue weighted by molar-refractivity contribution is 7.80. The molecule has 0 fully saturated rings. The number of hydrogen-bond donors (Lipinski definition) is 0. The lowest BCUT2D eigenvalue weighted by Gasteiger charge is -1.96. The van der Waals surface area contributed by atoms with Gasteiger partial charge in [-0.2, -0.15) is 0 Å². The third kappa shape index (κ3) is 1.35. The van der Waals surface area contributed by atoms with Gasteiger partial charge < -0.3 is 0 Å². The number of aryl methyl sites for hydroxylation is 1. The van der Waals surface area contributed by atoms with E-state index < -0.39 is 0 Å². The van der Waals surface area contributed by atoms with Crippen molar-refractivity contribution in [1.29, 1.82) is 0 Å². The maximum Gasteiger partial charge on any atom is 0.0615 e. The summed E-state index contributed by atoms with van der Waals surface area (Å²) in [4.78, 5) is 0.733. The lowest BCUT2D eigenvalue weighted by Crippen LogP contribution is -1.74. The van der Waals surface area contributed by atoms with Crippen molar-refractivity contribution >= 4 is 24.2 Å². The molecule has 0 unspecified atom stereocenters. The highest BCUT2D eigenvalue weighted by Gasteiger charge is 1.96. The summed E-state index contributed by atoms with van der Waals surface area (Å²) in [6.07, 6.45) is 0. The van der Waals surface area contributed by atoms with Crippen molar-refractivity contribution in [1.82, 2.24) is 0 Å². The summed E-state index contributed by atoms with van der Waals surface area (Å²) in [7, 11) is 0. The minimum atomic E-state index is 0.701. The van der Waals surface area contributed by atoms with E-state index in [4.69, 9.17) is 24.2 Å². The summed E-state index contributed by atoms with van der Waals surface area (Å²) in [5.41, 5.74) is 1.05. The first kappa shape index (κ1) is 6.84. The van der Waals surface area contributed by atoms with Crippen LogP contribution >= 0.6 is 24.2 Å². The second-order valence-electron chi connectivity index (χ2n) is 1.89. The monoisotopic (exact) mass is 157 g/mol. The molecule has 47 valence electrons. The second-order valence-corrected chi connectivity index (χ2v) is 2.70. The van der Waals surface area contributed by atoms with Crippen molar-refractivity contribution in [2.45, 2.75) is 11.8 Å². The molecule has 9 heavy (non-hydrogen) atoms. The quantitative estimate of drug-likeness (QED) is 0.543. The van der Waals surface area contributed by atoms with Gasteiger partial charge in [0.2, 0.25) is 0 Å². The zero-order chi connectivity index (χ0) is 6.85. The van der Waals surface area contributed by atoms with Crippen LogP contribution in [0.4, 0.5) is 0 Å². The maximum absolute atomic E-state index is 5.77. The second kappa shape index (κ2) is 2.54. The van der Waals surface area contributed by atoms with Crippen LogP contribution in [0, 0.1) is 6.92 Å². The van der Waals surface area contributed by atoms with Crippen LogP contribution in [-0.4, -0.2) is 0 Å². The maximum atomic E-state index is 5.77. The fraction of sp³-hybridized carbons (Fsp3) is 0.143. The van der Waals surface area contributed by atoms with Gasteiger partial charge in [-0.05, 0) is 18.6 Å². The molecule has 0 bridgehead atoms. The number of halogens is 1. The SMILES string of the molecule is Cc1cccc([S])c1Cl. The van der Waals surface area contributed by atoms with Crippen molar-refractivity contribution in [3.63, 3.8) is 0 Å². The standard InChI is InChI=1S/C7H6ClS/c1-5-3-2-4-6(9)7(5)8/h2-4H,1H3. The van der Waals surface area contributed by atoms with Crippen LogP contribution in [0.3, 0.4) is 0 Å². The van der Waals surface area contributed by atoms with E-state index in [0.29, 0.717) is 5.02 Å². The first-order valence-corrected chi connectivity index (χ1v) is 3.42. The van der Waals surface area contributed by atoms with Crippen molar-refractivity contribution in [3.8, 4) is 0 Å². The third-order valence-electron chi connectivity index (χ3n) is 1.16. The largest absolute Gasteiger partial charge is 0.0825 e. The van der Waals surface area contributed by atoms with Crippen LogP contribution in [-0.2, 0) is 0 Å². The number of rotatable bonds is 0. The summed E-state index contributed by atoms with van der Waals surface area (Å²) < 4.78 is 0. The van der Waals surface area contributed by atoms with Gasteiger partial charge in [0.05, 0.1) is 9.92 Å². The van der Waals surface area contributed by atoms with Gasteiger partial charge in [-0.25, -0.2) is 0 Å². The van der Waals surface area contributed by atoms with Gasteiger partial charge in [0.25, 0.3) is 0 Å². The highest BCUT2D eigenvalue weighted by Crippen LogP contribution is 2.22. The van der Waals surface area contributed by atoms with Gasteiger partial charge in [0.15, 0.2) is 0 Å². The molecule has 0 aromatic heterocycles. The molecule has 0 aliphatic rings. The first-order chi connectivity index (χ1) is 4.22. The Morgan fingerprint density at radius 1 is 1.44 bits per heavy atom. The van der Waals surface area contributed by atoms with Crippen LogP contribution < -0.4 is 0 Å². The lowest BCUT2D eigenvalue weighted by molar-refractivity contribution is 1.37. The lowest BCUT2D eigenvalue weighted by atomic mass is 10.2. The molecule has 0 heterocycles. The third-order valence-corrected chi connectivity index (χ3v) is 2.11. The van der Waals surface area contributed by atoms with E-state index in [1.165, 1.54) is 0 Å². The molecular formula is C7H6ClS. The molecule has 0 nitrogen and oxygen atoms in total. The fourth-order valence-corrected chi connectivity index (χ4v) is 0.986. The molecule has 0 amide bonds. The van der Waals surface area contributed by atoms with Gasteiger partial charge in [-0.15, -0.1) is 0 Å². The Morgan fingerprint density at radius 2 is 2.11 bits per heavy atom. The summed E-state index contributed by atoms with van der Waals surface area (Å²) in [5, 5.41) is 0.701. The molecule has 0 atom stereocenters. The molecule has 0 N–H and O–H groups in total. The summed E-state index contributed by atoms with van der Waals surface area (Å²) in [6, 6.07) is 5.67. The topological polar surface area (TPSA) is 0 Å². The van der Waals surface area contributed by atoms with E-state index in [2.05, 4.69) is 0 Å². The fourth-order valence-electron chi connectivity index (χ4n) is 0.621. The van der Waals surface area contributed by atoms with Crippen LogP contribution in [0.25, 0.3) is 0 Å². The van der Waals surface area contributed by atoms with Crippen LogP contribution in [0.1, 0.15) is 5.56 Å². The van der Waals surface area contributed by atoms with Crippen molar-refractivity contribution in [3.05, 3.63) is 28.8 Å². The van der Waals surface area contributed by atoms with Crippen molar-refractivity contribution < 1.29 is 0 Å². The molecule has 0 spiro atoms. The van der Waals surface area contributed by atoms with E-state index in [1.54, 1.807) is 0 Å². The Balaban J connectivity index is 3.25. The zero-order valence-corrected chi connectivity index (χ0v) is 6.59. The van der Waals surface area contributed by atoms with Crippen molar-refractivity contribution in [2.24, 2.45) is 0 Å². The molecule has 0 aliphatic carbocycles. The average molecular weight is 158 g/mol. The van der Waals surface area contributed by atoms with Gasteiger partial charge in [-0.1, -0.05) is 36.4 Å². The summed E-state index contributed by atoms with van der Waals surface area (Å²) in [5.74, 6) is 0. The Bertz CT molecular complexity index is 200. The first-order valence-electron chi connectivity index (χ1n) is 2.64.